The van der Waals surface area contributed by atoms with Crippen LogP contribution in [0.1, 0.15) is 1.43 Å². The van der Waals surface area contributed by atoms with Gasteiger partial charge in [0.1, 0.15) is 0 Å². The summed E-state index contributed by atoms with van der Waals surface area (Å²) >= 11 is 0. The molecule has 0 fully saturated rings. The molecule has 0 saturated heterocycles. The van der Waals surface area contributed by atoms with Gasteiger partial charge in [0.05, 0.1) is 0 Å². The Hall–Kier alpha value is 2.60. The second kappa shape index (κ2) is 13.2. The van der Waals surface area contributed by atoms with Gasteiger partial charge in [-0.1, -0.05) is 0 Å². The van der Waals surface area contributed by atoms with Crippen LogP contribution in [0.2, 0.25) is 0 Å². The average molecular weight is 397 g/mol. The van der Waals surface area contributed by atoms with Crippen molar-refractivity contribution in [2.24, 2.45) is 0 Å². The van der Waals surface area contributed by atoms with Crippen LogP contribution in [0.5, 0.6) is 0 Å². The molecule has 0 bridgehead atoms. The molecule has 0 heterocycles. The van der Waals surface area contributed by atoms with E-state index in [9.17, 15) is 0 Å². The van der Waals surface area contributed by atoms with Crippen LogP contribution >= 0.6 is 0 Å². The number of halogens is 2. The fourth-order valence-electron chi connectivity index (χ4n) is 0. The Kier molecular flexibility index (Phi) is 43.9. The number of hydrogen-bond acceptors (Lipinski definition) is 2. The van der Waals surface area contributed by atoms with Gasteiger partial charge in [0.15, 0.2) is 0 Å². The summed E-state index contributed by atoms with van der Waals surface area (Å²) in [5, 5.41) is 0. The molecule has 4 nitrogen and oxygen atoms in total. The Morgan fingerprint density at radius 1 is 1.11 bits per heavy atom. The Labute approximate surface area is 129 Å². The zero-order valence-corrected chi connectivity index (χ0v) is 15.8. The van der Waals surface area contributed by atoms with Crippen molar-refractivity contribution in [3.8, 4) is 0 Å². The van der Waals surface area contributed by atoms with E-state index in [0.29, 0.717) is 0 Å². The summed E-state index contributed by atoms with van der Waals surface area (Å²) in [6.07, 6.45) is 0. The zero-order valence-electron chi connectivity index (χ0n) is 5.64. The van der Waals surface area contributed by atoms with Crippen LogP contribution in [-0.2, 0) is 10.4 Å². The van der Waals surface area contributed by atoms with Crippen molar-refractivity contribution >= 4 is 34.8 Å². The van der Waals surface area contributed by atoms with Gasteiger partial charge in [-0.25, -0.2) is 0 Å². The zero-order chi connectivity index (χ0) is 4.50. The molecule has 0 aliphatic carbocycles. The van der Waals surface area contributed by atoms with Gasteiger partial charge in [0, 0.05) is 0 Å². The molecule has 0 aromatic carbocycles. The molecule has 2 N–H and O–H groups in total. The summed E-state index contributed by atoms with van der Waals surface area (Å²) in [7, 11) is -4.67. The fraction of sp³-hybridized carbons (Fsp3) is 0. The second-order valence-electron chi connectivity index (χ2n) is 0.448. The molecule has 0 rings (SSSR count). The normalized spacial score (nSPS) is 6.44. The SMILES string of the molecule is F.F.O=S(=O)(O)O.[Cs+].[H-].[SbH3]. The van der Waals surface area contributed by atoms with E-state index in [2.05, 4.69) is 0 Å². The third kappa shape index (κ3) is 116. The van der Waals surface area contributed by atoms with E-state index in [1.807, 2.05) is 0 Å². The van der Waals surface area contributed by atoms with Gasteiger partial charge < -0.3 is 1.43 Å². The van der Waals surface area contributed by atoms with Gasteiger partial charge >= 0.3 is 104 Å². The van der Waals surface area contributed by atoms with Gasteiger partial charge in [-0.05, 0) is 0 Å². The number of rotatable bonds is 0. The summed E-state index contributed by atoms with van der Waals surface area (Å²) in [5.41, 5.74) is 0. The first-order valence-electron chi connectivity index (χ1n) is 0.698. The summed E-state index contributed by atoms with van der Waals surface area (Å²) in [6, 6.07) is 0. The Bertz CT molecular complexity index is 106. The first-order valence-corrected chi connectivity index (χ1v) is 2.10. The third-order valence-electron chi connectivity index (χ3n) is 0. The van der Waals surface area contributed by atoms with Gasteiger partial charge in [-0.15, -0.1) is 0 Å². The third-order valence-corrected chi connectivity index (χ3v) is 0. The molecule has 0 saturated carbocycles. The van der Waals surface area contributed by atoms with Crippen molar-refractivity contribution in [2.75, 3.05) is 0 Å². The molecule has 0 aliphatic rings. The van der Waals surface area contributed by atoms with Crippen molar-refractivity contribution in [3.63, 3.8) is 0 Å². The van der Waals surface area contributed by atoms with E-state index in [4.69, 9.17) is 17.5 Å². The molecule has 0 spiro atoms. The average Bonchev–Trinajstić information content (AvgIpc) is 0.722. The van der Waals surface area contributed by atoms with Crippen LogP contribution in [0.4, 0.5) is 9.41 Å². The van der Waals surface area contributed by atoms with Gasteiger partial charge in [-0.3, -0.25) is 18.5 Å². The molecule has 9 heavy (non-hydrogen) atoms. The minimum absolute atomic E-state index is 0. The van der Waals surface area contributed by atoms with Gasteiger partial charge in [-0.2, -0.15) is 8.42 Å². The second-order valence-corrected chi connectivity index (χ2v) is 1.34. The predicted molar refractivity (Wildman–Crippen MR) is 30.2 cm³/mol. The standard InChI is InChI=1S/Cs.2FH.H2O4S.Sb.4H/c;;;1-5(2,3)4;;;;;/h;2*1H;(H2,1,2,3,4);;;;;/q+1;;;;;;;;-1. The van der Waals surface area contributed by atoms with Crippen LogP contribution in [-0.4, -0.2) is 42.0 Å². The molecule has 0 aromatic rings. The molecular weight excluding hydrogens is 389 g/mol. The monoisotopic (exact) mass is 396 g/mol. The number of hydrogen-bond donors (Lipinski definition) is 2. The van der Waals surface area contributed by atoms with E-state index in [0.717, 1.165) is 0 Å². The summed E-state index contributed by atoms with van der Waals surface area (Å²) in [4.78, 5) is 0. The molecule has 0 unspecified atom stereocenters. The molecule has 0 radical (unpaired) electrons. The van der Waals surface area contributed by atoms with E-state index in [-0.39, 0.29) is 104 Å². The first-order chi connectivity index (χ1) is 2.00. The maximum absolute atomic E-state index is 8.74. The molecular formula is H8CsF2O4SSb. The topological polar surface area (TPSA) is 74.6 Å². The van der Waals surface area contributed by atoms with Crippen LogP contribution in [0, 0.1) is 0 Å². The molecule has 0 atom stereocenters. The van der Waals surface area contributed by atoms with Crippen LogP contribution in [0.25, 0.3) is 0 Å². The summed E-state index contributed by atoms with van der Waals surface area (Å²) in [6.45, 7) is 0. The van der Waals surface area contributed by atoms with Gasteiger partial charge in [0.25, 0.3) is 0 Å². The molecule has 58 valence electrons. The van der Waals surface area contributed by atoms with Crippen LogP contribution in [0.3, 0.4) is 0 Å². The molecule has 0 aromatic heterocycles. The van der Waals surface area contributed by atoms with Crippen molar-refractivity contribution < 1.29 is 97.3 Å². The Balaban J connectivity index is -0.00000000800. The maximum atomic E-state index is 8.74. The molecule has 0 aliphatic heterocycles. The van der Waals surface area contributed by atoms with E-state index < -0.39 is 10.4 Å². The summed E-state index contributed by atoms with van der Waals surface area (Å²) < 4.78 is 31.6. The minimum atomic E-state index is -4.67. The van der Waals surface area contributed by atoms with Crippen LogP contribution < -0.4 is 68.9 Å². The Morgan fingerprint density at radius 3 is 1.11 bits per heavy atom. The van der Waals surface area contributed by atoms with Crippen molar-refractivity contribution in [2.45, 2.75) is 0 Å². The van der Waals surface area contributed by atoms with Crippen LogP contribution in [0.15, 0.2) is 0 Å². The van der Waals surface area contributed by atoms with Crippen molar-refractivity contribution in [1.29, 1.82) is 0 Å². The quantitative estimate of drug-likeness (QED) is 0.320. The van der Waals surface area contributed by atoms with E-state index >= 15 is 0 Å². The van der Waals surface area contributed by atoms with Gasteiger partial charge in [0.2, 0.25) is 0 Å². The van der Waals surface area contributed by atoms with Crippen molar-refractivity contribution in [1.82, 2.24) is 0 Å². The molecule has 9 heteroatoms. The molecule has 0 amide bonds. The Morgan fingerprint density at radius 2 is 1.11 bits per heavy atom. The van der Waals surface area contributed by atoms with E-state index in [1.165, 1.54) is 0 Å². The predicted octanol–water partition coefficient (Wildman–Crippen LogP) is -4.42. The fourth-order valence-corrected chi connectivity index (χ4v) is 0. The first kappa shape index (κ1) is 29.9. The van der Waals surface area contributed by atoms with Crippen molar-refractivity contribution in [3.05, 3.63) is 0 Å². The summed E-state index contributed by atoms with van der Waals surface area (Å²) in [5.74, 6) is 0. The van der Waals surface area contributed by atoms with E-state index in [1.54, 1.807) is 0 Å².